The van der Waals surface area contributed by atoms with Crippen LogP contribution >= 0.6 is 0 Å². The summed E-state index contributed by atoms with van der Waals surface area (Å²) in [6.07, 6.45) is 1.94. The first-order chi connectivity index (χ1) is 6.72. The van der Waals surface area contributed by atoms with Crippen LogP contribution in [-0.2, 0) is 6.42 Å². The van der Waals surface area contributed by atoms with Gasteiger partial charge in [0.15, 0.2) is 0 Å². The maximum absolute atomic E-state index is 5.61. The molecule has 0 spiro atoms. The molecule has 0 fully saturated rings. The van der Waals surface area contributed by atoms with Crippen molar-refractivity contribution in [3.63, 3.8) is 0 Å². The van der Waals surface area contributed by atoms with E-state index in [1.807, 2.05) is 12.1 Å². The molecule has 0 bridgehead atoms. The van der Waals surface area contributed by atoms with Crippen LogP contribution in [0.25, 0.3) is 0 Å². The average Bonchev–Trinajstić information content (AvgIpc) is 2.18. The summed E-state index contributed by atoms with van der Waals surface area (Å²) in [5.74, 6) is 6.75. The van der Waals surface area contributed by atoms with Crippen LogP contribution in [0.1, 0.15) is 25.8 Å². The third kappa shape index (κ3) is 3.53. The minimum Gasteiger partial charge on any atom is -0.399 e. The molecule has 0 aromatic heterocycles. The molecule has 1 atom stereocenters. The van der Waals surface area contributed by atoms with Crippen LogP contribution < -0.4 is 5.73 Å². The Hall–Kier alpha value is -1.42. The van der Waals surface area contributed by atoms with Gasteiger partial charge in [-0.2, -0.15) is 0 Å². The van der Waals surface area contributed by atoms with Gasteiger partial charge in [0.05, 0.1) is 0 Å². The van der Waals surface area contributed by atoms with Gasteiger partial charge in [-0.15, -0.1) is 5.92 Å². The molecule has 0 radical (unpaired) electrons. The highest BCUT2D eigenvalue weighted by molar-refractivity contribution is 5.39. The maximum atomic E-state index is 5.61. The van der Waals surface area contributed by atoms with Gasteiger partial charge in [0, 0.05) is 18.0 Å². The summed E-state index contributed by atoms with van der Waals surface area (Å²) in [7, 11) is 0. The van der Waals surface area contributed by atoms with Crippen LogP contribution in [-0.4, -0.2) is 0 Å². The molecule has 0 saturated heterocycles. The minimum atomic E-state index is 0.429. The van der Waals surface area contributed by atoms with Crippen molar-refractivity contribution in [2.75, 3.05) is 5.73 Å². The van der Waals surface area contributed by atoms with Crippen LogP contribution in [0.2, 0.25) is 0 Å². The largest absolute Gasteiger partial charge is 0.399 e. The van der Waals surface area contributed by atoms with Gasteiger partial charge in [-0.1, -0.05) is 31.9 Å². The van der Waals surface area contributed by atoms with E-state index in [1.54, 1.807) is 0 Å². The lowest BCUT2D eigenvalue weighted by atomic mass is 10.0. The van der Waals surface area contributed by atoms with E-state index in [4.69, 9.17) is 5.73 Å². The molecule has 0 saturated carbocycles. The fraction of sp³-hybridized carbons (Fsp3) is 0.385. The van der Waals surface area contributed by atoms with Gasteiger partial charge in [-0.05, 0) is 24.1 Å². The first kappa shape index (κ1) is 10.7. The summed E-state index contributed by atoms with van der Waals surface area (Å²) >= 11 is 0. The molecule has 2 N–H and O–H groups in total. The van der Waals surface area contributed by atoms with Gasteiger partial charge >= 0.3 is 0 Å². The predicted octanol–water partition coefficient (Wildman–Crippen LogP) is 2.86. The van der Waals surface area contributed by atoms with Crippen molar-refractivity contribution in [2.45, 2.75) is 26.7 Å². The zero-order valence-electron chi connectivity index (χ0n) is 8.88. The van der Waals surface area contributed by atoms with Crippen molar-refractivity contribution >= 4 is 5.69 Å². The van der Waals surface area contributed by atoms with E-state index in [2.05, 4.69) is 37.8 Å². The molecular weight excluding hydrogens is 170 g/mol. The van der Waals surface area contributed by atoms with Crippen molar-refractivity contribution in [3.8, 4) is 11.8 Å². The third-order valence-electron chi connectivity index (χ3n) is 2.05. The Kier molecular flexibility index (Phi) is 4.07. The molecule has 0 heterocycles. The van der Waals surface area contributed by atoms with E-state index in [1.165, 1.54) is 5.56 Å². The minimum absolute atomic E-state index is 0.429. The van der Waals surface area contributed by atoms with Crippen LogP contribution in [0.5, 0.6) is 0 Å². The lowest BCUT2D eigenvalue weighted by Gasteiger charge is -2.04. The van der Waals surface area contributed by atoms with E-state index < -0.39 is 0 Å². The van der Waals surface area contributed by atoms with Gasteiger partial charge in [-0.25, -0.2) is 0 Å². The molecule has 1 nitrogen and oxygen atoms in total. The molecule has 0 amide bonds. The summed E-state index contributed by atoms with van der Waals surface area (Å²) in [5, 5.41) is 0. The Morgan fingerprint density at radius 2 is 1.93 bits per heavy atom. The van der Waals surface area contributed by atoms with E-state index in [9.17, 15) is 0 Å². The van der Waals surface area contributed by atoms with Crippen molar-refractivity contribution in [2.24, 2.45) is 5.92 Å². The average molecular weight is 187 g/mol. The Morgan fingerprint density at radius 3 is 2.50 bits per heavy atom. The normalized spacial score (nSPS) is 11.6. The summed E-state index contributed by atoms with van der Waals surface area (Å²) in [6.45, 7) is 4.22. The van der Waals surface area contributed by atoms with Crippen LogP contribution in [0, 0.1) is 17.8 Å². The second kappa shape index (κ2) is 5.34. The molecule has 1 aromatic rings. The first-order valence-corrected chi connectivity index (χ1v) is 5.05. The van der Waals surface area contributed by atoms with Gasteiger partial charge < -0.3 is 5.73 Å². The second-order valence-corrected chi connectivity index (χ2v) is 3.52. The number of rotatable bonds is 2. The summed E-state index contributed by atoms with van der Waals surface area (Å²) in [5.41, 5.74) is 7.73. The Morgan fingerprint density at radius 1 is 1.29 bits per heavy atom. The molecule has 1 aromatic carbocycles. The Balaban J connectivity index is 2.56. The number of nitrogen functional groups attached to an aromatic ring is 1. The van der Waals surface area contributed by atoms with Crippen LogP contribution in [0.4, 0.5) is 5.69 Å². The van der Waals surface area contributed by atoms with Gasteiger partial charge in [0.25, 0.3) is 0 Å². The second-order valence-electron chi connectivity index (χ2n) is 3.52. The Bertz CT molecular complexity index is 326. The lowest BCUT2D eigenvalue weighted by Crippen LogP contribution is -1.96. The molecule has 1 rings (SSSR count). The molecule has 74 valence electrons. The van der Waals surface area contributed by atoms with Crippen LogP contribution in [0.3, 0.4) is 0 Å². The predicted molar refractivity (Wildman–Crippen MR) is 61.8 cm³/mol. The monoisotopic (exact) mass is 187 g/mol. The highest BCUT2D eigenvalue weighted by atomic mass is 14.5. The number of nitrogens with two attached hydrogens (primary N) is 1. The quantitative estimate of drug-likeness (QED) is 0.559. The number of anilines is 1. The van der Waals surface area contributed by atoms with Crippen molar-refractivity contribution < 1.29 is 0 Å². The molecule has 0 aliphatic rings. The van der Waals surface area contributed by atoms with Crippen molar-refractivity contribution in [1.29, 1.82) is 0 Å². The van der Waals surface area contributed by atoms with E-state index in [-0.39, 0.29) is 0 Å². The smallest absolute Gasteiger partial charge is 0.0314 e. The third-order valence-corrected chi connectivity index (χ3v) is 2.05. The molecular formula is C13H17N. The highest BCUT2D eigenvalue weighted by Crippen LogP contribution is 2.10. The van der Waals surface area contributed by atoms with Gasteiger partial charge in [0.2, 0.25) is 0 Å². The highest BCUT2D eigenvalue weighted by Gasteiger charge is 1.98. The lowest BCUT2D eigenvalue weighted by molar-refractivity contribution is 0.749. The van der Waals surface area contributed by atoms with Crippen LogP contribution in [0.15, 0.2) is 24.3 Å². The molecule has 1 unspecified atom stereocenters. The SMILES string of the molecule is CCC#CC(C)Cc1ccc(N)cc1. The summed E-state index contributed by atoms with van der Waals surface area (Å²) in [4.78, 5) is 0. The summed E-state index contributed by atoms with van der Waals surface area (Å²) in [6, 6.07) is 8.02. The van der Waals surface area contributed by atoms with E-state index in [0.717, 1.165) is 18.5 Å². The molecule has 0 aliphatic heterocycles. The number of hydrogen-bond donors (Lipinski definition) is 1. The topological polar surface area (TPSA) is 26.0 Å². The number of benzene rings is 1. The Labute approximate surface area is 86.3 Å². The molecule has 1 heteroatoms. The van der Waals surface area contributed by atoms with Gasteiger partial charge in [-0.3, -0.25) is 0 Å². The fourth-order valence-corrected chi connectivity index (χ4v) is 1.33. The van der Waals surface area contributed by atoms with Gasteiger partial charge in [0.1, 0.15) is 0 Å². The van der Waals surface area contributed by atoms with E-state index >= 15 is 0 Å². The standard InChI is InChI=1S/C13H17N/c1-3-4-5-11(2)10-12-6-8-13(14)9-7-12/h6-9,11H,3,10,14H2,1-2H3. The first-order valence-electron chi connectivity index (χ1n) is 5.05. The fourth-order valence-electron chi connectivity index (χ4n) is 1.33. The molecule has 0 aliphatic carbocycles. The zero-order valence-corrected chi connectivity index (χ0v) is 8.88. The summed E-state index contributed by atoms with van der Waals surface area (Å²) < 4.78 is 0. The van der Waals surface area contributed by atoms with Crippen molar-refractivity contribution in [1.82, 2.24) is 0 Å². The number of hydrogen-bond acceptors (Lipinski definition) is 1. The molecule has 14 heavy (non-hydrogen) atoms. The maximum Gasteiger partial charge on any atom is 0.0314 e. The van der Waals surface area contributed by atoms with E-state index in [0.29, 0.717) is 5.92 Å². The zero-order chi connectivity index (χ0) is 10.4. The van der Waals surface area contributed by atoms with Crippen molar-refractivity contribution in [3.05, 3.63) is 29.8 Å².